The molecule has 0 unspecified atom stereocenters. The van der Waals surface area contributed by atoms with Gasteiger partial charge in [-0.05, 0) is 46.6 Å². The summed E-state index contributed by atoms with van der Waals surface area (Å²) in [5.41, 5.74) is 5.56. The van der Waals surface area contributed by atoms with Gasteiger partial charge in [0.2, 0.25) is 0 Å². The molecule has 1 saturated carbocycles. The highest BCUT2D eigenvalue weighted by Gasteiger charge is 2.46. The number of nitrogens with zero attached hydrogens (tertiary/aromatic N) is 1. The molecule has 0 saturated heterocycles. The molecule has 0 aromatic carbocycles. The maximum absolute atomic E-state index is 12.7. The molecule has 0 atom stereocenters. The number of alkyl halides is 3. The lowest BCUT2D eigenvalue weighted by molar-refractivity contribution is -0.188. The molecular weight excluding hydrogens is 269 g/mol. The van der Waals surface area contributed by atoms with Gasteiger partial charge in [0.25, 0.3) is 0 Å². The second kappa shape index (κ2) is 7.09. The Kier molecular flexibility index (Phi) is 6.28. The fourth-order valence-corrected chi connectivity index (χ4v) is 2.89. The van der Waals surface area contributed by atoms with E-state index in [9.17, 15) is 13.2 Å². The molecule has 0 heterocycles. The second-order valence-corrected chi connectivity index (χ2v) is 6.09. The predicted octanol–water partition coefficient (Wildman–Crippen LogP) is 2.79. The lowest BCUT2D eigenvalue weighted by atomic mass is 9.75. The van der Waals surface area contributed by atoms with Crippen LogP contribution in [0.25, 0.3) is 0 Å². The minimum atomic E-state index is -4.07. The SMILES string of the molecule is CC(C)OCCN(C)C1(CN)CCC(C(F)(F)F)CC1. The number of halogens is 3. The van der Waals surface area contributed by atoms with Crippen LogP contribution in [0.3, 0.4) is 0 Å². The largest absolute Gasteiger partial charge is 0.391 e. The summed E-state index contributed by atoms with van der Waals surface area (Å²) in [4.78, 5) is 2.09. The molecule has 0 aromatic heterocycles. The van der Waals surface area contributed by atoms with Gasteiger partial charge in [0.1, 0.15) is 0 Å². The van der Waals surface area contributed by atoms with Crippen molar-refractivity contribution in [1.29, 1.82) is 0 Å². The molecule has 1 rings (SSSR count). The smallest absolute Gasteiger partial charge is 0.377 e. The summed E-state index contributed by atoms with van der Waals surface area (Å²) in [6.07, 6.45) is -2.54. The second-order valence-electron chi connectivity index (χ2n) is 6.09. The Labute approximate surface area is 119 Å². The normalized spacial score (nSPS) is 28.4. The summed E-state index contributed by atoms with van der Waals surface area (Å²) in [6.45, 7) is 5.61. The number of ether oxygens (including phenoxy) is 1. The van der Waals surface area contributed by atoms with E-state index in [0.717, 1.165) is 0 Å². The first-order valence-corrected chi connectivity index (χ1v) is 7.31. The van der Waals surface area contributed by atoms with Gasteiger partial charge in [-0.25, -0.2) is 0 Å². The maximum atomic E-state index is 12.7. The Bertz CT molecular complexity index is 287. The van der Waals surface area contributed by atoms with E-state index >= 15 is 0 Å². The first-order valence-electron chi connectivity index (χ1n) is 7.31. The molecule has 6 heteroatoms. The van der Waals surface area contributed by atoms with E-state index in [1.807, 2.05) is 20.9 Å². The van der Waals surface area contributed by atoms with Crippen molar-refractivity contribution in [2.24, 2.45) is 11.7 Å². The Balaban J connectivity index is 2.53. The first kappa shape index (κ1) is 17.7. The van der Waals surface area contributed by atoms with Crippen molar-refractivity contribution in [3.8, 4) is 0 Å². The molecule has 2 N–H and O–H groups in total. The van der Waals surface area contributed by atoms with E-state index in [4.69, 9.17) is 10.5 Å². The van der Waals surface area contributed by atoms with Crippen LogP contribution in [0, 0.1) is 5.92 Å². The minimum Gasteiger partial charge on any atom is -0.377 e. The summed E-state index contributed by atoms with van der Waals surface area (Å²) < 4.78 is 43.7. The molecule has 0 radical (unpaired) electrons. The van der Waals surface area contributed by atoms with Gasteiger partial charge < -0.3 is 10.5 Å². The topological polar surface area (TPSA) is 38.5 Å². The Morgan fingerprint density at radius 2 is 1.85 bits per heavy atom. The van der Waals surface area contributed by atoms with E-state index in [1.54, 1.807) is 0 Å². The van der Waals surface area contributed by atoms with Crippen molar-refractivity contribution in [3.05, 3.63) is 0 Å². The van der Waals surface area contributed by atoms with Crippen LogP contribution >= 0.6 is 0 Å². The lowest BCUT2D eigenvalue weighted by Crippen LogP contribution is -2.55. The van der Waals surface area contributed by atoms with Gasteiger partial charge in [-0.3, -0.25) is 4.90 Å². The monoisotopic (exact) mass is 296 g/mol. The molecule has 1 fully saturated rings. The van der Waals surface area contributed by atoms with Gasteiger partial charge in [-0.1, -0.05) is 0 Å². The third-order valence-corrected chi connectivity index (χ3v) is 4.45. The number of hydrogen-bond acceptors (Lipinski definition) is 3. The van der Waals surface area contributed by atoms with E-state index in [0.29, 0.717) is 32.5 Å². The number of hydrogen-bond donors (Lipinski definition) is 1. The van der Waals surface area contributed by atoms with Crippen molar-refractivity contribution >= 4 is 0 Å². The van der Waals surface area contributed by atoms with Gasteiger partial charge in [-0.15, -0.1) is 0 Å². The molecule has 1 aliphatic rings. The number of likely N-dealkylation sites (N-methyl/N-ethyl adjacent to an activating group) is 1. The molecule has 0 aliphatic heterocycles. The maximum Gasteiger partial charge on any atom is 0.391 e. The average molecular weight is 296 g/mol. The number of nitrogens with two attached hydrogens (primary N) is 1. The molecule has 1 aliphatic carbocycles. The predicted molar refractivity (Wildman–Crippen MR) is 73.5 cm³/mol. The van der Waals surface area contributed by atoms with Crippen LogP contribution in [-0.4, -0.2) is 49.5 Å². The van der Waals surface area contributed by atoms with Crippen LogP contribution in [-0.2, 0) is 4.74 Å². The molecule has 120 valence electrons. The van der Waals surface area contributed by atoms with Crippen LogP contribution in [0.5, 0.6) is 0 Å². The van der Waals surface area contributed by atoms with Crippen molar-refractivity contribution in [2.75, 3.05) is 26.7 Å². The van der Waals surface area contributed by atoms with Crippen LogP contribution < -0.4 is 5.73 Å². The number of rotatable bonds is 6. The highest BCUT2D eigenvalue weighted by molar-refractivity contribution is 4.95. The summed E-state index contributed by atoms with van der Waals surface area (Å²) in [5, 5.41) is 0. The minimum absolute atomic E-state index is 0.165. The fraction of sp³-hybridized carbons (Fsp3) is 1.00. The molecule has 3 nitrogen and oxygen atoms in total. The zero-order valence-corrected chi connectivity index (χ0v) is 12.7. The van der Waals surface area contributed by atoms with Crippen LogP contribution in [0.2, 0.25) is 0 Å². The van der Waals surface area contributed by atoms with E-state index in [2.05, 4.69) is 4.90 Å². The van der Waals surface area contributed by atoms with Gasteiger partial charge in [-0.2, -0.15) is 13.2 Å². The quantitative estimate of drug-likeness (QED) is 0.819. The molecule has 0 amide bonds. The Hall–Kier alpha value is -0.330. The van der Waals surface area contributed by atoms with Gasteiger partial charge in [0.15, 0.2) is 0 Å². The Morgan fingerprint density at radius 1 is 1.30 bits per heavy atom. The zero-order chi connectivity index (χ0) is 15.4. The van der Waals surface area contributed by atoms with Crippen molar-refractivity contribution in [2.45, 2.75) is 57.3 Å². The third kappa shape index (κ3) is 4.60. The highest BCUT2D eigenvalue weighted by atomic mass is 19.4. The molecular formula is C14H27F3N2O. The van der Waals surface area contributed by atoms with E-state index in [1.165, 1.54) is 0 Å². The molecule has 0 bridgehead atoms. The van der Waals surface area contributed by atoms with Crippen molar-refractivity contribution < 1.29 is 17.9 Å². The summed E-state index contributed by atoms with van der Waals surface area (Å²) in [5.74, 6) is -1.16. The van der Waals surface area contributed by atoms with Crippen LogP contribution in [0.15, 0.2) is 0 Å². The fourth-order valence-electron chi connectivity index (χ4n) is 2.89. The standard InChI is InChI=1S/C14H27F3N2O/c1-11(2)20-9-8-19(3)13(10-18)6-4-12(5-7-13)14(15,16)17/h11-12H,4-10,18H2,1-3H3. The van der Waals surface area contributed by atoms with Crippen molar-refractivity contribution in [1.82, 2.24) is 4.90 Å². The average Bonchev–Trinajstić information content (AvgIpc) is 2.37. The lowest BCUT2D eigenvalue weighted by Gasteiger charge is -2.46. The van der Waals surface area contributed by atoms with Crippen LogP contribution in [0.1, 0.15) is 39.5 Å². The van der Waals surface area contributed by atoms with Gasteiger partial charge >= 0.3 is 6.18 Å². The third-order valence-electron chi connectivity index (χ3n) is 4.45. The highest BCUT2D eigenvalue weighted by Crippen LogP contribution is 2.42. The summed E-state index contributed by atoms with van der Waals surface area (Å²) in [6, 6.07) is 0. The Morgan fingerprint density at radius 3 is 2.25 bits per heavy atom. The van der Waals surface area contributed by atoms with Gasteiger partial charge in [0.05, 0.1) is 18.6 Å². The van der Waals surface area contributed by atoms with Gasteiger partial charge in [0, 0.05) is 18.6 Å². The summed E-state index contributed by atoms with van der Waals surface area (Å²) >= 11 is 0. The first-order chi connectivity index (χ1) is 9.21. The molecule has 0 aromatic rings. The molecule has 0 spiro atoms. The summed E-state index contributed by atoms with van der Waals surface area (Å²) in [7, 11) is 1.93. The van der Waals surface area contributed by atoms with E-state index < -0.39 is 12.1 Å². The molecule has 20 heavy (non-hydrogen) atoms. The van der Waals surface area contributed by atoms with E-state index in [-0.39, 0.29) is 24.5 Å². The van der Waals surface area contributed by atoms with Crippen LogP contribution in [0.4, 0.5) is 13.2 Å². The van der Waals surface area contributed by atoms with Crippen molar-refractivity contribution in [3.63, 3.8) is 0 Å². The zero-order valence-electron chi connectivity index (χ0n) is 12.7.